The first-order valence-corrected chi connectivity index (χ1v) is 7.87. The molecule has 1 aromatic heterocycles. The number of benzene rings is 2. The molecule has 3 rings (SSSR count). The zero-order valence-corrected chi connectivity index (χ0v) is 13.5. The van der Waals surface area contributed by atoms with E-state index < -0.39 is 10.8 Å². The molecule has 0 saturated heterocycles. The molecule has 0 radical (unpaired) electrons. The van der Waals surface area contributed by atoms with Crippen molar-refractivity contribution in [1.29, 1.82) is 0 Å². The van der Waals surface area contributed by atoms with Crippen LogP contribution in [0.2, 0.25) is 5.02 Å². The molecular weight excluding hydrogens is 352 g/mol. The number of hydrogen-bond acceptors (Lipinski definition) is 6. The molecule has 9 heteroatoms. The van der Waals surface area contributed by atoms with Gasteiger partial charge in [-0.25, -0.2) is 0 Å². The third kappa shape index (κ3) is 3.55. The maximum absolute atomic E-state index is 12.1. The molecule has 1 N–H and O–H groups in total. The number of nitro benzene ring substituents is 1. The van der Waals surface area contributed by atoms with E-state index in [0.717, 1.165) is 5.56 Å². The molecule has 0 aliphatic carbocycles. The van der Waals surface area contributed by atoms with Crippen molar-refractivity contribution >= 4 is 39.7 Å². The third-order valence-electron chi connectivity index (χ3n) is 3.08. The average Bonchev–Trinajstić information content (AvgIpc) is 3.04. The van der Waals surface area contributed by atoms with Crippen molar-refractivity contribution in [2.75, 3.05) is 5.32 Å². The van der Waals surface area contributed by atoms with E-state index in [0.29, 0.717) is 20.7 Å². The van der Waals surface area contributed by atoms with Crippen LogP contribution in [0.25, 0.3) is 10.6 Å². The number of nitro groups is 1. The zero-order valence-electron chi connectivity index (χ0n) is 12.0. The van der Waals surface area contributed by atoms with Crippen LogP contribution in [-0.4, -0.2) is 21.0 Å². The van der Waals surface area contributed by atoms with Crippen molar-refractivity contribution in [1.82, 2.24) is 10.2 Å². The van der Waals surface area contributed by atoms with E-state index in [1.54, 1.807) is 12.1 Å². The summed E-state index contributed by atoms with van der Waals surface area (Å²) in [6, 6.07) is 12.4. The predicted molar refractivity (Wildman–Crippen MR) is 91.4 cm³/mol. The Morgan fingerprint density at radius 2 is 1.75 bits per heavy atom. The van der Waals surface area contributed by atoms with Gasteiger partial charge in [-0.3, -0.25) is 20.2 Å². The first-order valence-electron chi connectivity index (χ1n) is 6.68. The molecule has 3 aromatic rings. The van der Waals surface area contributed by atoms with Crippen LogP contribution in [0.4, 0.5) is 10.8 Å². The molecule has 0 aliphatic heterocycles. The Bertz CT molecular complexity index is 894. The Labute approximate surface area is 145 Å². The maximum Gasteiger partial charge on any atom is 0.269 e. The second-order valence-corrected chi connectivity index (χ2v) is 6.09. The van der Waals surface area contributed by atoms with Crippen molar-refractivity contribution in [3.05, 3.63) is 69.2 Å². The molecule has 1 heterocycles. The first-order chi connectivity index (χ1) is 11.5. The summed E-state index contributed by atoms with van der Waals surface area (Å²) >= 11 is 7.06. The normalized spacial score (nSPS) is 10.4. The number of halogens is 1. The molecule has 2 aromatic carbocycles. The molecule has 0 bridgehead atoms. The number of nitrogens with zero attached hydrogens (tertiary/aromatic N) is 3. The Balaban J connectivity index is 1.73. The second-order valence-electron chi connectivity index (χ2n) is 4.68. The monoisotopic (exact) mass is 360 g/mol. The highest BCUT2D eigenvalue weighted by atomic mass is 35.5. The minimum absolute atomic E-state index is 0.0764. The van der Waals surface area contributed by atoms with Crippen molar-refractivity contribution in [3.63, 3.8) is 0 Å². The molecule has 7 nitrogen and oxygen atoms in total. The lowest BCUT2D eigenvalue weighted by molar-refractivity contribution is -0.384. The quantitative estimate of drug-likeness (QED) is 0.559. The Morgan fingerprint density at radius 1 is 1.08 bits per heavy atom. The fourth-order valence-corrected chi connectivity index (χ4v) is 2.76. The van der Waals surface area contributed by atoms with E-state index in [4.69, 9.17) is 11.6 Å². The van der Waals surface area contributed by atoms with Gasteiger partial charge in [0.15, 0.2) is 0 Å². The van der Waals surface area contributed by atoms with E-state index in [1.807, 2.05) is 12.1 Å². The number of rotatable bonds is 4. The molecule has 1 amide bonds. The largest absolute Gasteiger partial charge is 0.296 e. The van der Waals surface area contributed by atoms with Gasteiger partial charge in [0.2, 0.25) is 5.13 Å². The number of carbonyl (C=O) groups is 1. The van der Waals surface area contributed by atoms with E-state index >= 15 is 0 Å². The molecular formula is C15H9ClN4O3S. The van der Waals surface area contributed by atoms with Gasteiger partial charge in [-0.1, -0.05) is 35.1 Å². The molecule has 0 aliphatic rings. The maximum atomic E-state index is 12.1. The number of hydrogen-bond donors (Lipinski definition) is 1. The molecule has 120 valence electrons. The highest BCUT2D eigenvalue weighted by Gasteiger charge is 2.13. The molecule has 0 fully saturated rings. The summed E-state index contributed by atoms with van der Waals surface area (Å²) in [7, 11) is 0. The van der Waals surface area contributed by atoms with Crippen molar-refractivity contribution in [3.8, 4) is 10.6 Å². The number of amides is 1. The van der Waals surface area contributed by atoms with Gasteiger partial charge >= 0.3 is 0 Å². The van der Waals surface area contributed by atoms with Gasteiger partial charge < -0.3 is 0 Å². The standard InChI is InChI=1S/C15H9ClN4O3S/c16-11-5-1-10(2-6-11)14-18-19-15(24-14)17-13(21)9-3-7-12(8-4-9)20(22)23/h1-8H,(H,17,19,21). The van der Waals surface area contributed by atoms with Crippen LogP contribution in [0, 0.1) is 10.1 Å². The lowest BCUT2D eigenvalue weighted by atomic mass is 10.2. The first kappa shape index (κ1) is 16.0. The fraction of sp³-hybridized carbons (Fsp3) is 0. The summed E-state index contributed by atoms with van der Waals surface area (Å²) in [5.41, 5.74) is 1.06. The average molecular weight is 361 g/mol. The Morgan fingerprint density at radius 3 is 2.38 bits per heavy atom. The SMILES string of the molecule is O=C(Nc1nnc(-c2ccc(Cl)cc2)s1)c1ccc([N+](=O)[O-])cc1. The van der Waals surface area contributed by atoms with Crippen LogP contribution in [-0.2, 0) is 0 Å². The number of non-ortho nitro benzene ring substituents is 1. The highest BCUT2D eigenvalue weighted by molar-refractivity contribution is 7.18. The van der Waals surface area contributed by atoms with Gasteiger partial charge in [0.1, 0.15) is 5.01 Å². The van der Waals surface area contributed by atoms with E-state index in [2.05, 4.69) is 15.5 Å². The fourth-order valence-electron chi connectivity index (χ4n) is 1.89. The second kappa shape index (κ2) is 6.73. The molecule has 0 saturated carbocycles. The van der Waals surface area contributed by atoms with E-state index in [9.17, 15) is 14.9 Å². The summed E-state index contributed by atoms with van der Waals surface area (Å²) in [6.07, 6.45) is 0. The van der Waals surface area contributed by atoms with Crippen LogP contribution < -0.4 is 5.32 Å². The van der Waals surface area contributed by atoms with Crippen LogP contribution in [0.1, 0.15) is 10.4 Å². The van der Waals surface area contributed by atoms with E-state index in [-0.39, 0.29) is 5.69 Å². The number of carbonyl (C=O) groups excluding carboxylic acids is 1. The topological polar surface area (TPSA) is 98.0 Å². The van der Waals surface area contributed by atoms with Crippen LogP contribution in [0.5, 0.6) is 0 Å². The van der Waals surface area contributed by atoms with Crippen LogP contribution in [0.15, 0.2) is 48.5 Å². The van der Waals surface area contributed by atoms with E-state index in [1.165, 1.54) is 35.6 Å². The zero-order chi connectivity index (χ0) is 17.1. The van der Waals surface area contributed by atoms with Crippen molar-refractivity contribution in [2.45, 2.75) is 0 Å². The van der Waals surface area contributed by atoms with Crippen molar-refractivity contribution < 1.29 is 9.72 Å². The minimum atomic E-state index is -0.523. The van der Waals surface area contributed by atoms with Gasteiger partial charge in [0, 0.05) is 28.3 Å². The summed E-state index contributed by atoms with van der Waals surface area (Å²) in [5, 5.41) is 22.8. The third-order valence-corrected chi connectivity index (χ3v) is 4.22. The van der Waals surface area contributed by atoms with Gasteiger partial charge in [-0.2, -0.15) is 0 Å². The molecule has 0 spiro atoms. The predicted octanol–water partition coefficient (Wildman–Crippen LogP) is 4.02. The van der Waals surface area contributed by atoms with Gasteiger partial charge in [0.05, 0.1) is 4.92 Å². The number of anilines is 1. The number of nitrogens with one attached hydrogen (secondary N) is 1. The molecule has 0 atom stereocenters. The van der Waals surface area contributed by atoms with Gasteiger partial charge in [-0.05, 0) is 24.3 Å². The minimum Gasteiger partial charge on any atom is -0.296 e. The summed E-state index contributed by atoms with van der Waals surface area (Å²) in [4.78, 5) is 22.2. The van der Waals surface area contributed by atoms with Crippen LogP contribution >= 0.6 is 22.9 Å². The summed E-state index contributed by atoms with van der Waals surface area (Å²) < 4.78 is 0. The smallest absolute Gasteiger partial charge is 0.269 e. The van der Waals surface area contributed by atoms with Gasteiger partial charge in [-0.15, -0.1) is 10.2 Å². The van der Waals surface area contributed by atoms with Crippen LogP contribution in [0.3, 0.4) is 0 Å². The lowest BCUT2D eigenvalue weighted by Gasteiger charge is -2.00. The van der Waals surface area contributed by atoms with Crippen molar-refractivity contribution in [2.24, 2.45) is 0 Å². The molecule has 24 heavy (non-hydrogen) atoms. The lowest BCUT2D eigenvalue weighted by Crippen LogP contribution is -2.11. The number of aromatic nitrogens is 2. The summed E-state index contributed by atoms with van der Waals surface area (Å²) in [5.74, 6) is -0.413. The Hall–Kier alpha value is -2.84. The Kier molecular flexibility index (Phi) is 4.50. The molecule has 0 unspecified atom stereocenters. The highest BCUT2D eigenvalue weighted by Crippen LogP contribution is 2.27. The summed E-state index contributed by atoms with van der Waals surface area (Å²) in [6.45, 7) is 0. The van der Waals surface area contributed by atoms with Gasteiger partial charge in [0.25, 0.3) is 11.6 Å².